The number of aliphatic hydroxyl groups is 5. The molecule has 11 nitrogen and oxygen atoms in total. The highest BCUT2D eigenvalue weighted by Gasteiger charge is 2.51. The molecule has 1 aliphatic rings. The van der Waals surface area contributed by atoms with Crippen LogP contribution in [0.1, 0.15) is 13.8 Å². The number of hydrogen-bond donors (Lipinski definition) is 6. The second-order valence-electron chi connectivity index (χ2n) is 6.05. The van der Waals surface area contributed by atoms with Crippen LogP contribution in [0.15, 0.2) is 0 Å². The van der Waals surface area contributed by atoms with Crippen LogP contribution in [0.2, 0.25) is 0 Å². The lowest BCUT2D eigenvalue weighted by atomic mass is 9.85. The summed E-state index contributed by atoms with van der Waals surface area (Å²) >= 11 is 0. The number of ether oxygens (including phenoxy) is 2. The molecule has 6 atom stereocenters. The normalized spacial score (nSPS) is 37.0. The molecule has 0 aliphatic heterocycles. The summed E-state index contributed by atoms with van der Waals surface area (Å²) in [5, 5.41) is 48.2. The topological polar surface area (TPSA) is 175 Å². The van der Waals surface area contributed by atoms with Gasteiger partial charge in [-0.15, -0.1) is 0 Å². The Morgan fingerprint density at radius 2 is 1.40 bits per heavy atom. The second-order valence-corrected chi connectivity index (χ2v) is 7.46. The highest BCUT2D eigenvalue weighted by Crippen LogP contribution is 2.47. The molecule has 0 aromatic rings. The van der Waals surface area contributed by atoms with Crippen LogP contribution in [0.4, 0.5) is 0 Å². The fourth-order valence-electron chi connectivity index (χ4n) is 2.38. The Balaban J connectivity index is 2.70. The van der Waals surface area contributed by atoms with Crippen LogP contribution in [0.25, 0.3) is 0 Å². The number of aliphatic hydroxyl groups excluding tert-OH is 5. The molecule has 25 heavy (non-hydrogen) atoms. The summed E-state index contributed by atoms with van der Waals surface area (Å²) in [6.45, 7) is 3.20. The van der Waals surface area contributed by atoms with Crippen molar-refractivity contribution in [1.82, 2.24) is 0 Å². The molecular formula is C13H27O11P. The molecule has 1 aliphatic carbocycles. The van der Waals surface area contributed by atoms with Gasteiger partial charge >= 0.3 is 7.82 Å². The first-order valence-corrected chi connectivity index (χ1v) is 9.20. The molecule has 0 aromatic carbocycles. The van der Waals surface area contributed by atoms with Gasteiger partial charge in [-0.25, -0.2) is 4.57 Å². The van der Waals surface area contributed by atoms with E-state index in [1.807, 2.05) is 0 Å². The van der Waals surface area contributed by atoms with E-state index in [1.165, 1.54) is 7.11 Å². The summed E-state index contributed by atoms with van der Waals surface area (Å²) in [6.07, 6.45) is -12.2. The molecule has 150 valence electrons. The number of methoxy groups -OCH3 is 1. The predicted octanol–water partition coefficient (Wildman–Crippen LogP) is -2.25. The maximum absolute atomic E-state index is 12.0. The highest BCUT2D eigenvalue weighted by atomic mass is 31.2. The number of phosphoric acid groups is 1. The molecule has 12 heteroatoms. The highest BCUT2D eigenvalue weighted by molar-refractivity contribution is 7.47. The van der Waals surface area contributed by atoms with E-state index in [4.69, 9.17) is 14.0 Å². The number of hydrogen-bond acceptors (Lipinski definition) is 10. The number of rotatable bonds is 9. The molecule has 0 saturated heterocycles. The largest absolute Gasteiger partial charge is 0.472 e. The van der Waals surface area contributed by atoms with Crippen LogP contribution in [0.5, 0.6) is 0 Å². The molecule has 1 saturated carbocycles. The lowest BCUT2D eigenvalue weighted by Gasteiger charge is -2.41. The van der Waals surface area contributed by atoms with Crippen molar-refractivity contribution in [3.63, 3.8) is 0 Å². The Labute approximate surface area is 145 Å². The minimum atomic E-state index is -4.79. The molecule has 0 heterocycles. The third kappa shape index (κ3) is 6.49. The van der Waals surface area contributed by atoms with Crippen molar-refractivity contribution >= 4 is 7.82 Å². The van der Waals surface area contributed by atoms with Crippen LogP contribution in [0, 0.1) is 0 Å². The molecule has 0 radical (unpaired) electrons. The van der Waals surface area contributed by atoms with E-state index >= 15 is 0 Å². The van der Waals surface area contributed by atoms with Crippen molar-refractivity contribution in [1.29, 1.82) is 0 Å². The van der Waals surface area contributed by atoms with E-state index in [1.54, 1.807) is 13.8 Å². The van der Waals surface area contributed by atoms with Crippen LogP contribution in [0.3, 0.4) is 0 Å². The van der Waals surface area contributed by atoms with Crippen molar-refractivity contribution in [2.24, 2.45) is 0 Å². The summed E-state index contributed by atoms with van der Waals surface area (Å²) < 4.78 is 31.8. The molecule has 6 N–H and O–H groups in total. The lowest BCUT2D eigenvalue weighted by Crippen LogP contribution is -2.64. The fraction of sp³-hybridized carbons (Fsp3) is 1.00. The summed E-state index contributed by atoms with van der Waals surface area (Å²) in [5.74, 6) is 0. The summed E-state index contributed by atoms with van der Waals surface area (Å²) in [7, 11) is -3.38. The van der Waals surface area contributed by atoms with E-state index in [0.717, 1.165) is 0 Å². The maximum atomic E-state index is 12.0. The van der Waals surface area contributed by atoms with E-state index < -0.39 is 50.6 Å². The Morgan fingerprint density at radius 3 is 1.84 bits per heavy atom. The molecule has 5 unspecified atom stereocenters. The summed E-state index contributed by atoms with van der Waals surface area (Å²) in [5.41, 5.74) is 0. The first-order valence-electron chi connectivity index (χ1n) is 7.70. The Morgan fingerprint density at radius 1 is 0.920 bits per heavy atom. The summed E-state index contributed by atoms with van der Waals surface area (Å²) in [4.78, 5) is 9.76. The SMILES string of the molecule is COC[C@H](COP(=O)(O)OC1C(O)C(O)C(O)C(O)C1O)OC(C)C. The van der Waals surface area contributed by atoms with Gasteiger partial charge in [0.25, 0.3) is 0 Å². The zero-order chi connectivity index (χ0) is 19.4. The molecule has 1 fully saturated rings. The molecule has 1 rings (SSSR count). The molecular weight excluding hydrogens is 363 g/mol. The van der Waals surface area contributed by atoms with E-state index in [-0.39, 0.29) is 19.3 Å². The quantitative estimate of drug-likeness (QED) is 0.234. The monoisotopic (exact) mass is 390 g/mol. The van der Waals surface area contributed by atoms with E-state index in [9.17, 15) is 35.0 Å². The zero-order valence-corrected chi connectivity index (χ0v) is 15.1. The minimum Gasteiger partial charge on any atom is -0.387 e. The van der Waals surface area contributed by atoms with Crippen molar-refractivity contribution < 1.29 is 53.5 Å². The first kappa shape index (κ1) is 22.9. The van der Waals surface area contributed by atoms with Gasteiger partial charge in [0, 0.05) is 7.11 Å². The third-order valence-electron chi connectivity index (χ3n) is 3.57. The average molecular weight is 390 g/mol. The van der Waals surface area contributed by atoms with Crippen LogP contribution < -0.4 is 0 Å². The van der Waals surface area contributed by atoms with Crippen molar-refractivity contribution in [2.45, 2.75) is 62.7 Å². The van der Waals surface area contributed by atoms with Gasteiger partial charge in [-0.2, -0.15) is 0 Å². The Kier molecular flexibility index (Phi) is 8.85. The van der Waals surface area contributed by atoms with Gasteiger partial charge in [0.2, 0.25) is 0 Å². The fourth-order valence-corrected chi connectivity index (χ4v) is 3.35. The van der Waals surface area contributed by atoms with E-state index in [0.29, 0.717) is 0 Å². The van der Waals surface area contributed by atoms with Crippen LogP contribution >= 0.6 is 7.82 Å². The number of phosphoric ester groups is 1. The predicted molar refractivity (Wildman–Crippen MR) is 82.6 cm³/mol. The lowest BCUT2D eigenvalue weighted by molar-refractivity contribution is -0.220. The van der Waals surface area contributed by atoms with Gasteiger partial charge in [-0.3, -0.25) is 9.05 Å². The minimum absolute atomic E-state index is 0.0798. The van der Waals surface area contributed by atoms with Gasteiger partial charge in [0.15, 0.2) is 0 Å². The molecule has 0 bridgehead atoms. The van der Waals surface area contributed by atoms with Gasteiger partial charge in [-0.1, -0.05) is 0 Å². The van der Waals surface area contributed by atoms with E-state index in [2.05, 4.69) is 4.52 Å². The smallest absolute Gasteiger partial charge is 0.387 e. The van der Waals surface area contributed by atoms with Gasteiger partial charge < -0.3 is 39.9 Å². The molecule has 0 amide bonds. The Bertz CT molecular complexity index is 432. The van der Waals surface area contributed by atoms with Gasteiger partial charge in [0.05, 0.1) is 19.3 Å². The average Bonchev–Trinajstić information content (AvgIpc) is 2.53. The van der Waals surface area contributed by atoms with Gasteiger partial charge in [0.1, 0.15) is 42.7 Å². The first-order chi connectivity index (χ1) is 11.5. The van der Waals surface area contributed by atoms with Gasteiger partial charge in [-0.05, 0) is 13.8 Å². The zero-order valence-electron chi connectivity index (χ0n) is 14.2. The molecule has 0 spiro atoms. The van der Waals surface area contributed by atoms with Crippen molar-refractivity contribution in [3.8, 4) is 0 Å². The van der Waals surface area contributed by atoms with Crippen LogP contribution in [-0.4, -0.2) is 99.6 Å². The van der Waals surface area contributed by atoms with Crippen molar-refractivity contribution in [2.75, 3.05) is 20.3 Å². The maximum Gasteiger partial charge on any atom is 0.472 e. The van der Waals surface area contributed by atoms with Crippen LogP contribution in [-0.2, 0) is 23.1 Å². The van der Waals surface area contributed by atoms with Crippen molar-refractivity contribution in [3.05, 3.63) is 0 Å². The Hall–Kier alpha value is -0.170. The summed E-state index contributed by atoms with van der Waals surface area (Å²) in [6, 6.07) is 0. The standard InChI is InChI=1S/C13H27O11P/c1-6(2)23-7(4-21-3)5-22-25(19,20)24-13-11(17)9(15)8(14)10(16)12(13)18/h6-18H,4-5H2,1-3H3,(H,19,20)/t7-,8?,9?,10?,11?,12?,13?/m1/s1. The third-order valence-corrected chi connectivity index (χ3v) is 4.55. The molecule has 0 aromatic heterocycles. The second kappa shape index (κ2) is 9.67.